The monoisotopic (exact) mass is 246 g/mol. The van der Waals surface area contributed by atoms with Crippen molar-refractivity contribution in [2.24, 2.45) is 4.99 Å². The average molecular weight is 246 g/mol. The van der Waals surface area contributed by atoms with Gasteiger partial charge in [0.15, 0.2) is 4.80 Å². The summed E-state index contributed by atoms with van der Waals surface area (Å²) in [5.41, 5.74) is 4.87. The standard InChI is InChI=1S/C14H18N2S/c1-5-16-12(4)9-17-14(16)15-13-7-6-10(2)8-11(13)3/h6-9H,5H2,1-4H3. The Morgan fingerprint density at radius 3 is 2.65 bits per heavy atom. The summed E-state index contributed by atoms with van der Waals surface area (Å²) in [6.07, 6.45) is 0. The Hall–Kier alpha value is -1.35. The van der Waals surface area contributed by atoms with Crippen molar-refractivity contribution in [3.63, 3.8) is 0 Å². The third-order valence-electron chi connectivity index (χ3n) is 2.88. The Morgan fingerprint density at radius 1 is 1.24 bits per heavy atom. The van der Waals surface area contributed by atoms with Crippen LogP contribution in [0.3, 0.4) is 0 Å². The molecule has 0 unspecified atom stereocenters. The predicted molar refractivity (Wildman–Crippen MR) is 73.9 cm³/mol. The molecule has 17 heavy (non-hydrogen) atoms. The summed E-state index contributed by atoms with van der Waals surface area (Å²) in [6.45, 7) is 9.47. The smallest absolute Gasteiger partial charge is 0.190 e. The minimum atomic E-state index is 0.971. The third-order valence-corrected chi connectivity index (χ3v) is 3.86. The van der Waals surface area contributed by atoms with E-state index in [2.05, 4.69) is 55.8 Å². The van der Waals surface area contributed by atoms with Crippen LogP contribution in [-0.2, 0) is 6.54 Å². The molecule has 2 rings (SSSR count). The zero-order valence-electron chi connectivity index (χ0n) is 10.8. The van der Waals surface area contributed by atoms with Gasteiger partial charge in [-0.3, -0.25) is 0 Å². The Bertz CT molecular complexity index is 591. The van der Waals surface area contributed by atoms with E-state index in [1.165, 1.54) is 16.8 Å². The van der Waals surface area contributed by atoms with Crippen LogP contribution in [0.2, 0.25) is 0 Å². The lowest BCUT2D eigenvalue weighted by atomic mass is 10.1. The molecule has 0 atom stereocenters. The maximum atomic E-state index is 4.75. The highest BCUT2D eigenvalue weighted by molar-refractivity contribution is 7.07. The zero-order chi connectivity index (χ0) is 12.4. The van der Waals surface area contributed by atoms with Gasteiger partial charge in [0.2, 0.25) is 0 Å². The summed E-state index contributed by atoms with van der Waals surface area (Å²) >= 11 is 1.70. The van der Waals surface area contributed by atoms with Crippen molar-refractivity contribution in [3.05, 3.63) is 45.2 Å². The van der Waals surface area contributed by atoms with E-state index >= 15 is 0 Å². The van der Waals surface area contributed by atoms with Crippen molar-refractivity contribution < 1.29 is 0 Å². The van der Waals surface area contributed by atoms with E-state index in [-0.39, 0.29) is 0 Å². The van der Waals surface area contributed by atoms with Gasteiger partial charge in [0.25, 0.3) is 0 Å². The van der Waals surface area contributed by atoms with E-state index < -0.39 is 0 Å². The Balaban J connectivity index is 2.55. The summed E-state index contributed by atoms with van der Waals surface area (Å²) < 4.78 is 2.24. The van der Waals surface area contributed by atoms with Crippen molar-refractivity contribution in [1.82, 2.24) is 4.57 Å². The van der Waals surface area contributed by atoms with Crippen LogP contribution in [0.1, 0.15) is 23.7 Å². The molecule has 0 bridgehead atoms. The molecule has 1 aromatic heterocycles. The van der Waals surface area contributed by atoms with E-state index in [9.17, 15) is 0 Å². The Morgan fingerprint density at radius 2 is 2.00 bits per heavy atom. The molecule has 0 N–H and O–H groups in total. The molecule has 2 aromatic rings. The maximum absolute atomic E-state index is 4.75. The van der Waals surface area contributed by atoms with Gasteiger partial charge in [-0.15, -0.1) is 11.3 Å². The minimum Gasteiger partial charge on any atom is -0.321 e. The van der Waals surface area contributed by atoms with Crippen LogP contribution >= 0.6 is 11.3 Å². The molecule has 0 amide bonds. The average Bonchev–Trinajstić information content (AvgIpc) is 2.63. The van der Waals surface area contributed by atoms with Crippen LogP contribution in [0.25, 0.3) is 0 Å². The molecule has 0 aliphatic heterocycles. The molecule has 0 radical (unpaired) electrons. The second-order valence-electron chi connectivity index (χ2n) is 4.31. The molecule has 1 aromatic carbocycles. The fourth-order valence-corrected chi connectivity index (χ4v) is 2.88. The quantitative estimate of drug-likeness (QED) is 0.768. The molecule has 0 fully saturated rings. The molecule has 0 aliphatic carbocycles. The fourth-order valence-electron chi connectivity index (χ4n) is 1.92. The summed E-state index contributed by atoms with van der Waals surface area (Å²) in [5.74, 6) is 0. The minimum absolute atomic E-state index is 0.971. The van der Waals surface area contributed by atoms with E-state index in [1.54, 1.807) is 11.3 Å². The number of thiazole rings is 1. The SMILES string of the molecule is CCn1c(C)csc1=Nc1ccc(C)cc1C. The summed E-state index contributed by atoms with van der Waals surface area (Å²) in [4.78, 5) is 5.84. The van der Waals surface area contributed by atoms with Gasteiger partial charge in [-0.25, -0.2) is 4.99 Å². The predicted octanol–water partition coefficient (Wildman–Crippen LogP) is 3.73. The lowest BCUT2D eigenvalue weighted by Crippen LogP contribution is -2.14. The largest absolute Gasteiger partial charge is 0.321 e. The molecule has 90 valence electrons. The molecule has 2 nitrogen and oxygen atoms in total. The number of hydrogen-bond donors (Lipinski definition) is 0. The number of rotatable bonds is 2. The van der Waals surface area contributed by atoms with Gasteiger partial charge in [0, 0.05) is 17.6 Å². The van der Waals surface area contributed by atoms with Crippen molar-refractivity contribution >= 4 is 17.0 Å². The second-order valence-corrected chi connectivity index (χ2v) is 5.14. The molecular weight excluding hydrogens is 228 g/mol. The van der Waals surface area contributed by atoms with Gasteiger partial charge in [0.05, 0.1) is 5.69 Å². The van der Waals surface area contributed by atoms with Gasteiger partial charge >= 0.3 is 0 Å². The lowest BCUT2D eigenvalue weighted by molar-refractivity contribution is 0.712. The number of aryl methyl sites for hydroxylation is 3. The Kier molecular flexibility index (Phi) is 3.48. The molecular formula is C14H18N2S. The highest BCUT2D eigenvalue weighted by Gasteiger charge is 2.00. The normalized spacial score (nSPS) is 12.1. The van der Waals surface area contributed by atoms with Gasteiger partial charge in [-0.05, 0) is 39.3 Å². The van der Waals surface area contributed by atoms with Gasteiger partial charge in [-0.2, -0.15) is 0 Å². The number of aromatic nitrogens is 1. The first-order valence-electron chi connectivity index (χ1n) is 5.88. The van der Waals surface area contributed by atoms with Crippen LogP contribution in [0.15, 0.2) is 28.6 Å². The van der Waals surface area contributed by atoms with Crippen LogP contribution in [0.4, 0.5) is 5.69 Å². The molecule has 0 aliphatic rings. The van der Waals surface area contributed by atoms with E-state index in [0.717, 1.165) is 17.0 Å². The van der Waals surface area contributed by atoms with E-state index in [1.807, 2.05) is 0 Å². The first-order chi connectivity index (χ1) is 8.11. The van der Waals surface area contributed by atoms with Crippen LogP contribution < -0.4 is 4.80 Å². The van der Waals surface area contributed by atoms with Gasteiger partial charge < -0.3 is 4.57 Å². The number of benzene rings is 1. The lowest BCUT2D eigenvalue weighted by Gasteiger charge is -2.03. The third kappa shape index (κ3) is 2.50. The second kappa shape index (κ2) is 4.88. The first-order valence-corrected chi connectivity index (χ1v) is 6.76. The zero-order valence-corrected chi connectivity index (χ0v) is 11.6. The van der Waals surface area contributed by atoms with Crippen LogP contribution in [-0.4, -0.2) is 4.57 Å². The van der Waals surface area contributed by atoms with Gasteiger partial charge in [0.1, 0.15) is 0 Å². The topological polar surface area (TPSA) is 17.3 Å². The highest BCUT2D eigenvalue weighted by Crippen LogP contribution is 2.19. The fraction of sp³-hybridized carbons (Fsp3) is 0.357. The van der Waals surface area contributed by atoms with Crippen molar-refractivity contribution in [3.8, 4) is 0 Å². The van der Waals surface area contributed by atoms with E-state index in [0.29, 0.717) is 0 Å². The van der Waals surface area contributed by atoms with Crippen molar-refractivity contribution in [1.29, 1.82) is 0 Å². The molecule has 0 saturated heterocycles. The van der Waals surface area contributed by atoms with Crippen LogP contribution in [0, 0.1) is 20.8 Å². The molecule has 0 spiro atoms. The van der Waals surface area contributed by atoms with Gasteiger partial charge in [-0.1, -0.05) is 17.7 Å². The molecule has 0 saturated carbocycles. The number of nitrogens with zero attached hydrogens (tertiary/aromatic N) is 2. The maximum Gasteiger partial charge on any atom is 0.190 e. The van der Waals surface area contributed by atoms with Crippen molar-refractivity contribution in [2.75, 3.05) is 0 Å². The summed E-state index contributed by atoms with van der Waals surface area (Å²) in [5, 5.41) is 2.16. The Labute approximate surface area is 106 Å². The summed E-state index contributed by atoms with van der Waals surface area (Å²) in [7, 11) is 0. The van der Waals surface area contributed by atoms with Crippen molar-refractivity contribution in [2.45, 2.75) is 34.2 Å². The highest BCUT2D eigenvalue weighted by atomic mass is 32.1. The first kappa shape index (κ1) is 12.1. The number of hydrogen-bond acceptors (Lipinski definition) is 2. The summed E-state index contributed by atoms with van der Waals surface area (Å²) in [6, 6.07) is 6.39. The van der Waals surface area contributed by atoms with Crippen LogP contribution in [0.5, 0.6) is 0 Å². The van der Waals surface area contributed by atoms with E-state index in [4.69, 9.17) is 4.99 Å². The molecule has 1 heterocycles. The molecule has 3 heteroatoms.